The molecule has 0 aliphatic carbocycles. The van der Waals surface area contributed by atoms with Crippen LogP contribution in [0.3, 0.4) is 0 Å². The van der Waals surface area contributed by atoms with E-state index in [2.05, 4.69) is 19.2 Å². The number of nitrogens with two attached hydrogens (primary N) is 1. The Morgan fingerprint density at radius 1 is 1.26 bits per heavy atom. The van der Waals surface area contributed by atoms with Crippen molar-refractivity contribution >= 4 is 17.3 Å². The first-order valence-electron chi connectivity index (χ1n) is 6.88. The van der Waals surface area contributed by atoms with Crippen LogP contribution in [0.4, 0.5) is 11.4 Å². The van der Waals surface area contributed by atoms with E-state index >= 15 is 0 Å². The lowest BCUT2D eigenvalue weighted by Crippen LogP contribution is -2.46. The third-order valence-corrected chi connectivity index (χ3v) is 3.59. The molecule has 3 N–H and O–H groups in total. The largest absolute Gasteiger partial charge is 0.399 e. The maximum absolute atomic E-state index is 12.2. The highest BCUT2D eigenvalue weighted by Gasteiger charge is 2.20. The molecule has 0 aliphatic rings. The van der Waals surface area contributed by atoms with Crippen LogP contribution in [0, 0.1) is 0 Å². The maximum atomic E-state index is 12.2. The van der Waals surface area contributed by atoms with Crippen molar-refractivity contribution in [1.82, 2.24) is 5.32 Å². The van der Waals surface area contributed by atoms with Crippen molar-refractivity contribution in [3.05, 3.63) is 24.3 Å². The van der Waals surface area contributed by atoms with Gasteiger partial charge in [-0.15, -0.1) is 0 Å². The van der Waals surface area contributed by atoms with Crippen LogP contribution in [0.1, 0.15) is 33.6 Å². The molecule has 0 fully saturated rings. The van der Waals surface area contributed by atoms with E-state index in [4.69, 9.17) is 5.73 Å². The Morgan fingerprint density at radius 3 is 2.26 bits per heavy atom. The second-order valence-corrected chi connectivity index (χ2v) is 4.90. The van der Waals surface area contributed by atoms with E-state index in [1.54, 1.807) is 0 Å². The number of hydrogen-bond acceptors (Lipinski definition) is 3. The number of amides is 1. The van der Waals surface area contributed by atoms with E-state index in [0.29, 0.717) is 0 Å². The van der Waals surface area contributed by atoms with Crippen molar-refractivity contribution < 1.29 is 4.79 Å². The SMILES string of the molecule is CCC(CC)NC(=O)C(C)N(C)c1ccc(N)cc1. The molecule has 0 heterocycles. The van der Waals surface area contributed by atoms with Crippen molar-refractivity contribution in [2.75, 3.05) is 17.7 Å². The zero-order valence-corrected chi connectivity index (χ0v) is 12.3. The van der Waals surface area contributed by atoms with Gasteiger partial charge >= 0.3 is 0 Å². The van der Waals surface area contributed by atoms with Gasteiger partial charge in [0.15, 0.2) is 0 Å². The first-order chi connectivity index (χ1) is 8.99. The van der Waals surface area contributed by atoms with E-state index in [1.807, 2.05) is 43.1 Å². The number of nitrogens with zero attached hydrogens (tertiary/aromatic N) is 1. The molecule has 19 heavy (non-hydrogen) atoms. The van der Waals surface area contributed by atoms with Crippen LogP contribution in [-0.2, 0) is 4.79 Å². The van der Waals surface area contributed by atoms with Gasteiger partial charge in [0.25, 0.3) is 0 Å². The van der Waals surface area contributed by atoms with Gasteiger partial charge in [0, 0.05) is 24.5 Å². The highest BCUT2D eigenvalue weighted by Crippen LogP contribution is 2.17. The van der Waals surface area contributed by atoms with Crippen molar-refractivity contribution in [1.29, 1.82) is 0 Å². The molecule has 0 radical (unpaired) electrons. The quantitative estimate of drug-likeness (QED) is 0.775. The lowest BCUT2D eigenvalue weighted by atomic mass is 10.1. The third-order valence-electron chi connectivity index (χ3n) is 3.59. The summed E-state index contributed by atoms with van der Waals surface area (Å²) in [4.78, 5) is 14.1. The molecule has 0 saturated carbocycles. The molecule has 0 aromatic heterocycles. The van der Waals surface area contributed by atoms with Crippen molar-refractivity contribution in [2.24, 2.45) is 0 Å². The summed E-state index contributed by atoms with van der Waals surface area (Å²) in [7, 11) is 1.92. The summed E-state index contributed by atoms with van der Waals surface area (Å²) >= 11 is 0. The number of nitrogens with one attached hydrogen (secondary N) is 1. The fourth-order valence-electron chi connectivity index (χ4n) is 1.92. The summed E-state index contributed by atoms with van der Waals surface area (Å²) in [5.41, 5.74) is 7.38. The first kappa shape index (κ1) is 15.3. The summed E-state index contributed by atoms with van der Waals surface area (Å²) in [6, 6.07) is 7.60. The van der Waals surface area contributed by atoms with E-state index in [0.717, 1.165) is 24.2 Å². The average molecular weight is 263 g/mol. The molecule has 1 amide bonds. The number of benzene rings is 1. The van der Waals surface area contributed by atoms with Crippen LogP contribution in [-0.4, -0.2) is 25.0 Å². The van der Waals surface area contributed by atoms with Crippen LogP contribution < -0.4 is 16.0 Å². The molecule has 0 aliphatic heterocycles. The second-order valence-electron chi connectivity index (χ2n) is 4.90. The van der Waals surface area contributed by atoms with Gasteiger partial charge in [0.1, 0.15) is 6.04 Å². The Hall–Kier alpha value is -1.71. The molecule has 0 bridgehead atoms. The summed E-state index contributed by atoms with van der Waals surface area (Å²) in [6.07, 6.45) is 1.92. The molecule has 1 rings (SSSR count). The molecule has 4 heteroatoms. The van der Waals surface area contributed by atoms with Crippen LogP contribution in [0.25, 0.3) is 0 Å². The fourth-order valence-corrected chi connectivity index (χ4v) is 1.92. The topological polar surface area (TPSA) is 58.4 Å². The molecular weight excluding hydrogens is 238 g/mol. The molecule has 1 aromatic rings. The van der Waals surface area contributed by atoms with Gasteiger partial charge in [-0.3, -0.25) is 4.79 Å². The summed E-state index contributed by atoms with van der Waals surface area (Å²) in [6.45, 7) is 6.08. The molecular formula is C15H25N3O. The molecule has 1 unspecified atom stereocenters. The minimum absolute atomic E-state index is 0.0630. The highest BCUT2D eigenvalue weighted by molar-refractivity contribution is 5.85. The summed E-state index contributed by atoms with van der Waals surface area (Å²) in [5.74, 6) is 0.0630. The van der Waals surface area contributed by atoms with Crippen molar-refractivity contribution in [2.45, 2.75) is 45.7 Å². The van der Waals surface area contributed by atoms with E-state index in [1.165, 1.54) is 0 Å². The third kappa shape index (κ3) is 4.16. The van der Waals surface area contributed by atoms with E-state index < -0.39 is 0 Å². The van der Waals surface area contributed by atoms with Gasteiger partial charge < -0.3 is 16.0 Å². The van der Waals surface area contributed by atoms with Crippen LogP contribution in [0.15, 0.2) is 24.3 Å². The molecule has 1 atom stereocenters. The number of carbonyl (C=O) groups is 1. The molecule has 4 nitrogen and oxygen atoms in total. The number of hydrogen-bond donors (Lipinski definition) is 2. The Morgan fingerprint density at radius 2 is 1.79 bits per heavy atom. The Labute approximate surface area is 116 Å². The highest BCUT2D eigenvalue weighted by atomic mass is 16.2. The van der Waals surface area contributed by atoms with Crippen molar-refractivity contribution in [3.63, 3.8) is 0 Å². The Kier molecular flexibility index (Phi) is 5.67. The van der Waals surface area contributed by atoms with Crippen LogP contribution in [0.2, 0.25) is 0 Å². The molecule has 106 valence electrons. The van der Waals surface area contributed by atoms with Crippen LogP contribution in [0.5, 0.6) is 0 Å². The molecule has 1 aromatic carbocycles. The number of carbonyl (C=O) groups excluding carboxylic acids is 1. The normalized spacial score (nSPS) is 12.3. The molecule has 0 saturated heterocycles. The summed E-state index contributed by atoms with van der Waals surface area (Å²) < 4.78 is 0. The monoisotopic (exact) mass is 263 g/mol. The minimum Gasteiger partial charge on any atom is -0.399 e. The Balaban J connectivity index is 2.68. The Bertz CT molecular complexity index is 398. The lowest BCUT2D eigenvalue weighted by molar-refractivity contribution is -0.122. The lowest BCUT2D eigenvalue weighted by Gasteiger charge is -2.28. The zero-order valence-electron chi connectivity index (χ0n) is 12.3. The standard InChI is InChI=1S/C15H25N3O/c1-5-13(6-2)17-15(19)11(3)18(4)14-9-7-12(16)8-10-14/h7-11,13H,5-6,16H2,1-4H3,(H,17,19). The van der Waals surface area contributed by atoms with Crippen LogP contribution >= 0.6 is 0 Å². The van der Waals surface area contributed by atoms with Gasteiger partial charge in [-0.25, -0.2) is 0 Å². The maximum Gasteiger partial charge on any atom is 0.242 e. The van der Waals surface area contributed by atoms with Gasteiger partial charge in [-0.1, -0.05) is 13.8 Å². The van der Waals surface area contributed by atoms with Gasteiger partial charge in [-0.2, -0.15) is 0 Å². The van der Waals surface area contributed by atoms with Gasteiger partial charge in [-0.05, 0) is 44.0 Å². The van der Waals surface area contributed by atoms with E-state index in [9.17, 15) is 4.79 Å². The van der Waals surface area contributed by atoms with Crippen molar-refractivity contribution in [3.8, 4) is 0 Å². The fraction of sp³-hybridized carbons (Fsp3) is 0.533. The summed E-state index contributed by atoms with van der Waals surface area (Å²) in [5, 5.41) is 3.07. The predicted octanol–water partition coefficient (Wildman–Crippen LogP) is 2.40. The number of likely N-dealkylation sites (N-methyl/N-ethyl adjacent to an activating group) is 1. The number of anilines is 2. The number of nitrogen functional groups attached to an aromatic ring is 1. The predicted molar refractivity (Wildman–Crippen MR) is 81.2 cm³/mol. The zero-order chi connectivity index (χ0) is 14.4. The first-order valence-corrected chi connectivity index (χ1v) is 6.88. The smallest absolute Gasteiger partial charge is 0.242 e. The van der Waals surface area contributed by atoms with Gasteiger partial charge in [0.05, 0.1) is 0 Å². The molecule has 0 spiro atoms. The average Bonchev–Trinajstić information content (AvgIpc) is 2.43. The van der Waals surface area contributed by atoms with Gasteiger partial charge in [0.2, 0.25) is 5.91 Å². The minimum atomic E-state index is -0.204. The second kappa shape index (κ2) is 7.02. The number of rotatable bonds is 6. The van der Waals surface area contributed by atoms with E-state index in [-0.39, 0.29) is 18.0 Å².